The molecule has 2 rings (SSSR count). The van der Waals surface area contributed by atoms with Gasteiger partial charge in [-0.05, 0) is 56.3 Å². The lowest BCUT2D eigenvalue weighted by Gasteiger charge is -2.24. The van der Waals surface area contributed by atoms with Gasteiger partial charge in [0.1, 0.15) is 11.5 Å². The van der Waals surface area contributed by atoms with E-state index in [2.05, 4.69) is 10.1 Å². The first-order valence-corrected chi connectivity index (χ1v) is 9.03. The van der Waals surface area contributed by atoms with Gasteiger partial charge in [0.2, 0.25) is 5.91 Å². The normalized spacial score (nSPS) is 12.1. The first-order valence-electron chi connectivity index (χ1n) is 8.66. The van der Waals surface area contributed by atoms with Crippen molar-refractivity contribution in [3.63, 3.8) is 0 Å². The third-order valence-electron chi connectivity index (χ3n) is 4.27. The van der Waals surface area contributed by atoms with Gasteiger partial charge in [-0.15, -0.1) is 0 Å². The van der Waals surface area contributed by atoms with Crippen molar-refractivity contribution in [1.82, 2.24) is 4.90 Å². The van der Waals surface area contributed by atoms with Gasteiger partial charge in [-0.1, -0.05) is 23.7 Å². The van der Waals surface area contributed by atoms with Crippen LogP contribution >= 0.6 is 11.6 Å². The first-order chi connectivity index (χ1) is 13.3. The molecule has 2 aromatic carbocycles. The Kier molecular flexibility index (Phi) is 8.02. The second kappa shape index (κ2) is 10.2. The number of alkyl halides is 2. The number of benzene rings is 2. The zero-order valence-electron chi connectivity index (χ0n) is 15.9. The minimum atomic E-state index is -2.96. The van der Waals surface area contributed by atoms with Crippen molar-refractivity contribution in [1.29, 1.82) is 0 Å². The number of hydrogen-bond donors (Lipinski definition) is 1. The van der Waals surface area contributed by atoms with Crippen LogP contribution in [0.15, 0.2) is 42.5 Å². The average Bonchev–Trinajstić information content (AvgIpc) is 2.64. The molecule has 0 saturated carbocycles. The number of amides is 1. The Morgan fingerprint density at radius 1 is 1.21 bits per heavy atom. The quantitative estimate of drug-likeness (QED) is 0.661. The highest BCUT2D eigenvalue weighted by Crippen LogP contribution is 2.28. The van der Waals surface area contributed by atoms with Crippen molar-refractivity contribution in [2.24, 2.45) is 0 Å². The Morgan fingerprint density at radius 2 is 1.89 bits per heavy atom. The predicted molar refractivity (Wildman–Crippen MR) is 106 cm³/mol. The Morgan fingerprint density at radius 3 is 2.46 bits per heavy atom. The maximum Gasteiger partial charge on any atom is 0.387 e. The molecule has 1 atom stereocenters. The highest BCUT2D eigenvalue weighted by molar-refractivity contribution is 6.32. The maximum absolute atomic E-state index is 12.3. The highest BCUT2D eigenvalue weighted by Gasteiger charge is 2.15. The molecule has 1 amide bonds. The van der Waals surface area contributed by atoms with E-state index in [0.29, 0.717) is 5.69 Å². The second-order valence-corrected chi connectivity index (χ2v) is 6.80. The summed E-state index contributed by atoms with van der Waals surface area (Å²) in [5.74, 6) is 0.426. The van der Waals surface area contributed by atoms with Crippen LogP contribution in [0.3, 0.4) is 0 Å². The standard InChI is InChI=1S/C20H23ClF2N2O3/c1-13(10-14-4-7-16(27-3)8-5-14)25(2)12-19(26)24-15-6-9-18(17(21)11-15)28-20(22)23/h4-9,11,13,20H,10,12H2,1-3H3,(H,24,26). The molecule has 28 heavy (non-hydrogen) atoms. The van der Waals surface area contributed by atoms with E-state index >= 15 is 0 Å². The van der Waals surface area contributed by atoms with Gasteiger partial charge >= 0.3 is 6.61 Å². The lowest BCUT2D eigenvalue weighted by atomic mass is 10.1. The molecule has 5 nitrogen and oxygen atoms in total. The van der Waals surface area contributed by atoms with Crippen molar-refractivity contribution in [3.8, 4) is 11.5 Å². The molecule has 0 aliphatic heterocycles. The SMILES string of the molecule is COc1ccc(CC(C)N(C)CC(=O)Nc2ccc(OC(F)F)c(Cl)c2)cc1. The van der Waals surface area contributed by atoms with Gasteiger partial charge < -0.3 is 14.8 Å². The van der Waals surface area contributed by atoms with Gasteiger partial charge in [-0.25, -0.2) is 0 Å². The number of hydrogen-bond acceptors (Lipinski definition) is 4. The van der Waals surface area contributed by atoms with Crippen LogP contribution in [-0.2, 0) is 11.2 Å². The van der Waals surface area contributed by atoms with Crippen LogP contribution in [0.5, 0.6) is 11.5 Å². The number of anilines is 1. The highest BCUT2D eigenvalue weighted by atomic mass is 35.5. The molecule has 2 aromatic rings. The van der Waals surface area contributed by atoms with Crippen LogP contribution < -0.4 is 14.8 Å². The molecule has 1 N–H and O–H groups in total. The van der Waals surface area contributed by atoms with Gasteiger partial charge in [0.25, 0.3) is 0 Å². The fourth-order valence-electron chi connectivity index (χ4n) is 2.61. The smallest absolute Gasteiger partial charge is 0.387 e. The van der Waals surface area contributed by atoms with Crippen LogP contribution in [0, 0.1) is 0 Å². The molecule has 0 saturated heterocycles. The topological polar surface area (TPSA) is 50.8 Å². The van der Waals surface area contributed by atoms with Gasteiger partial charge in [-0.2, -0.15) is 8.78 Å². The molecule has 0 spiro atoms. The Hall–Kier alpha value is -2.38. The first kappa shape index (κ1) is 21.9. The largest absolute Gasteiger partial charge is 0.497 e. The Labute approximate surface area is 168 Å². The summed E-state index contributed by atoms with van der Waals surface area (Å²) in [5.41, 5.74) is 1.55. The van der Waals surface area contributed by atoms with E-state index in [-0.39, 0.29) is 29.3 Å². The number of nitrogens with one attached hydrogen (secondary N) is 1. The van der Waals surface area contributed by atoms with Gasteiger partial charge in [-0.3, -0.25) is 9.69 Å². The summed E-state index contributed by atoms with van der Waals surface area (Å²) < 4.78 is 33.9. The van der Waals surface area contributed by atoms with E-state index in [4.69, 9.17) is 16.3 Å². The summed E-state index contributed by atoms with van der Waals surface area (Å²) in [4.78, 5) is 14.2. The number of nitrogens with zero attached hydrogens (tertiary/aromatic N) is 1. The lowest BCUT2D eigenvalue weighted by molar-refractivity contribution is -0.117. The van der Waals surface area contributed by atoms with Crippen molar-refractivity contribution in [2.75, 3.05) is 26.0 Å². The van der Waals surface area contributed by atoms with Crippen molar-refractivity contribution < 1.29 is 23.0 Å². The van der Waals surface area contributed by atoms with Crippen LogP contribution in [0.25, 0.3) is 0 Å². The Bertz CT molecular complexity index is 788. The predicted octanol–water partition coefficient (Wildman–Crippen LogP) is 4.45. The zero-order valence-corrected chi connectivity index (χ0v) is 16.7. The molecule has 0 fully saturated rings. The van der Waals surface area contributed by atoms with Gasteiger partial charge in [0, 0.05) is 11.7 Å². The van der Waals surface area contributed by atoms with Crippen LogP contribution in [0.4, 0.5) is 14.5 Å². The van der Waals surface area contributed by atoms with Crippen LogP contribution in [0.2, 0.25) is 5.02 Å². The second-order valence-electron chi connectivity index (χ2n) is 6.39. The molecule has 0 bridgehead atoms. The zero-order chi connectivity index (χ0) is 20.7. The number of carbonyl (C=O) groups excluding carboxylic acids is 1. The molecule has 0 aliphatic carbocycles. The maximum atomic E-state index is 12.3. The molecule has 1 unspecified atom stereocenters. The van der Waals surface area contributed by atoms with Crippen LogP contribution in [-0.4, -0.2) is 44.2 Å². The number of halogens is 3. The molecular weight excluding hydrogens is 390 g/mol. The molecular formula is C20H23ClF2N2O3. The van der Waals surface area contributed by atoms with E-state index in [0.717, 1.165) is 17.7 Å². The van der Waals surface area contributed by atoms with Gasteiger partial charge in [0.05, 0.1) is 18.7 Å². The van der Waals surface area contributed by atoms with Crippen LogP contribution in [0.1, 0.15) is 12.5 Å². The summed E-state index contributed by atoms with van der Waals surface area (Å²) in [6, 6.07) is 12.0. The molecule has 0 aromatic heterocycles. The van der Waals surface area contributed by atoms with Crippen molar-refractivity contribution >= 4 is 23.2 Å². The van der Waals surface area contributed by atoms with Crippen molar-refractivity contribution in [2.45, 2.75) is 26.0 Å². The third-order valence-corrected chi connectivity index (χ3v) is 4.56. The summed E-state index contributed by atoms with van der Waals surface area (Å²) in [6.45, 7) is -0.756. The van der Waals surface area contributed by atoms with Crippen molar-refractivity contribution in [3.05, 3.63) is 53.1 Å². The lowest BCUT2D eigenvalue weighted by Crippen LogP contribution is -2.37. The number of ether oxygens (including phenoxy) is 2. The Balaban J connectivity index is 1.88. The molecule has 0 aliphatic rings. The summed E-state index contributed by atoms with van der Waals surface area (Å²) in [5, 5.41) is 2.70. The average molecular weight is 413 g/mol. The number of methoxy groups -OCH3 is 1. The summed E-state index contributed by atoms with van der Waals surface area (Å²) in [7, 11) is 3.48. The number of likely N-dealkylation sites (N-methyl/N-ethyl adjacent to an activating group) is 1. The van der Waals surface area contributed by atoms with E-state index in [1.165, 1.54) is 18.2 Å². The molecule has 8 heteroatoms. The third kappa shape index (κ3) is 6.65. The summed E-state index contributed by atoms with van der Waals surface area (Å²) >= 11 is 5.90. The summed E-state index contributed by atoms with van der Waals surface area (Å²) in [6.07, 6.45) is 0.777. The molecule has 0 heterocycles. The van der Waals surface area contributed by atoms with Gasteiger partial charge in [0.15, 0.2) is 0 Å². The minimum absolute atomic E-state index is 0.000622. The van der Waals surface area contributed by atoms with E-state index in [1.807, 2.05) is 43.1 Å². The number of rotatable bonds is 9. The molecule has 0 radical (unpaired) electrons. The fourth-order valence-corrected chi connectivity index (χ4v) is 2.84. The van der Waals surface area contributed by atoms with E-state index in [1.54, 1.807) is 7.11 Å². The van der Waals surface area contributed by atoms with E-state index in [9.17, 15) is 13.6 Å². The fraction of sp³-hybridized carbons (Fsp3) is 0.350. The minimum Gasteiger partial charge on any atom is -0.497 e. The molecule has 152 valence electrons. The number of carbonyl (C=O) groups is 1. The monoisotopic (exact) mass is 412 g/mol. The van der Waals surface area contributed by atoms with E-state index < -0.39 is 6.61 Å².